The Kier molecular flexibility index (Phi) is 10.1. The predicted octanol–water partition coefficient (Wildman–Crippen LogP) is 2.51. The lowest BCUT2D eigenvalue weighted by molar-refractivity contribution is -0.120. The highest BCUT2D eigenvalue weighted by Gasteiger charge is 2.04. The summed E-state index contributed by atoms with van der Waals surface area (Å²) >= 11 is 0. The number of hydrogen-bond donors (Lipinski definition) is 3. The van der Waals surface area contributed by atoms with Gasteiger partial charge in [-0.15, -0.1) is 0 Å². The van der Waals surface area contributed by atoms with Crippen molar-refractivity contribution in [1.29, 1.82) is 0 Å². The van der Waals surface area contributed by atoms with Gasteiger partial charge in [0.25, 0.3) is 0 Å². The van der Waals surface area contributed by atoms with Gasteiger partial charge in [0.15, 0.2) is 5.96 Å². The number of nitrogens with one attached hydrogen (secondary N) is 3. The average molecular weight is 400 g/mol. The predicted molar refractivity (Wildman–Crippen MR) is 114 cm³/mol. The lowest BCUT2D eigenvalue weighted by Crippen LogP contribution is -2.41. The molecule has 29 heavy (non-hydrogen) atoms. The molecule has 0 bridgehead atoms. The third-order valence-corrected chi connectivity index (χ3v) is 3.92. The number of halogens is 1. The number of ether oxygens (including phenoxy) is 1. The second-order valence-electron chi connectivity index (χ2n) is 6.36. The van der Waals surface area contributed by atoms with E-state index in [1.54, 1.807) is 12.1 Å². The number of hydrogen-bond acceptors (Lipinski definition) is 3. The van der Waals surface area contributed by atoms with Gasteiger partial charge in [0.2, 0.25) is 5.91 Å². The first-order chi connectivity index (χ1) is 14.2. The number of rotatable bonds is 11. The van der Waals surface area contributed by atoms with E-state index in [9.17, 15) is 9.18 Å². The van der Waals surface area contributed by atoms with Gasteiger partial charge in [0.05, 0.1) is 13.0 Å². The van der Waals surface area contributed by atoms with Gasteiger partial charge < -0.3 is 20.7 Å². The lowest BCUT2D eigenvalue weighted by atomic mass is 10.1. The van der Waals surface area contributed by atoms with Gasteiger partial charge in [-0.1, -0.05) is 30.3 Å². The number of aliphatic imine (C=N–C) groups is 1. The zero-order valence-corrected chi connectivity index (χ0v) is 16.8. The molecule has 2 rings (SSSR count). The van der Waals surface area contributed by atoms with Gasteiger partial charge in [-0.05, 0) is 36.8 Å². The average Bonchev–Trinajstić information content (AvgIpc) is 2.71. The van der Waals surface area contributed by atoms with E-state index in [4.69, 9.17) is 4.74 Å². The van der Waals surface area contributed by atoms with Crippen LogP contribution in [-0.2, 0) is 11.2 Å². The second-order valence-corrected chi connectivity index (χ2v) is 6.36. The Balaban J connectivity index is 1.62. The monoisotopic (exact) mass is 400 g/mol. The molecule has 0 fully saturated rings. The molecule has 1 amide bonds. The van der Waals surface area contributed by atoms with Crippen LogP contribution >= 0.6 is 0 Å². The Bertz CT molecular complexity index is 768. The van der Waals surface area contributed by atoms with E-state index in [1.165, 1.54) is 12.1 Å². The largest absolute Gasteiger partial charge is 0.494 e. The quantitative estimate of drug-likeness (QED) is 0.308. The molecule has 156 valence electrons. The van der Waals surface area contributed by atoms with Crippen molar-refractivity contribution in [2.24, 2.45) is 4.99 Å². The standard InChI is InChI=1S/C22H29FN4O2/c1-2-24-22(26-12-7-15-29-20-10-4-3-5-11-20)27-14-13-25-21(28)17-18-8-6-9-19(23)16-18/h3-6,8-11,16H,2,7,12-15,17H2,1H3,(H,25,28)(H2,24,26,27). The molecule has 2 aromatic carbocycles. The van der Waals surface area contributed by atoms with E-state index in [0.717, 1.165) is 18.7 Å². The van der Waals surface area contributed by atoms with Crippen molar-refractivity contribution in [3.05, 3.63) is 66.0 Å². The molecule has 7 heteroatoms. The van der Waals surface area contributed by atoms with Crippen LogP contribution in [0.25, 0.3) is 0 Å². The molecule has 0 unspecified atom stereocenters. The van der Waals surface area contributed by atoms with Gasteiger partial charge in [-0.3, -0.25) is 9.79 Å². The molecule has 0 aliphatic heterocycles. The Morgan fingerprint density at radius 3 is 2.59 bits per heavy atom. The topological polar surface area (TPSA) is 74.8 Å². The molecule has 0 atom stereocenters. The fourth-order valence-electron chi connectivity index (χ4n) is 2.58. The molecule has 0 heterocycles. The zero-order valence-electron chi connectivity index (χ0n) is 16.8. The first-order valence-corrected chi connectivity index (χ1v) is 9.88. The Morgan fingerprint density at radius 1 is 1.03 bits per heavy atom. The summed E-state index contributed by atoms with van der Waals surface area (Å²) in [4.78, 5) is 16.4. The minimum atomic E-state index is -0.336. The van der Waals surface area contributed by atoms with Crippen LogP contribution in [-0.4, -0.2) is 44.7 Å². The Morgan fingerprint density at radius 2 is 1.83 bits per heavy atom. The highest BCUT2D eigenvalue weighted by Crippen LogP contribution is 2.08. The Hall–Kier alpha value is -3.09. The third kappa shape index (κ3) is 9.60. The smallest absolute Gasteiger partial charge is 0.224 e. The van der Waals surface area contributed by atoms with E-state index in [-0.39, 0.29) is 18.1 Å². The van der Waals surface area contributed by atoms with Crippen molar-refractivity contribution >= 4 is 11.9 Å². The summed E-state index contributed by atoms with van der Waals surface area (Å²) in [5.41, 5.74) is 0.656. The third-order valence-electron chi connectivity index (χ3n) is 3.92. The van der Waals surface area contributed by atoms with Crippen molar-refractivity contribution < 1.29 is 13.9 Å². The van der Waals surface area contributed by atoms with Crippen LogP contribution in [0.2, 0.25) is 0 Å². The van der Waals surface area contributed by atoms with Crippen LogP contribution in [0.1, 0.15) is 18.9 Å². The van der Waals surface area contributed by atoms with E-state index < -0.39 is 0 Å². The minimum absolute atomic E-state index is 0.141. The maximum absolute atomic E-state index is 13.2. The molecular weight excluding hydrogens is 371 g/mol. The van der Waals surface area contributed by atoms with Crippen molar-refractivity contribution in [3.63, 3.8) is 0 Å². The van der Waals surface area contributed by atoms with Crippen molar-refractivity contribution in [3.8, 4) is 5.75 Å². The maximum atomic E-state index is 13.2. The summed E-state index contributed by atoms with van der Waals surface area (Å²) in [6.07, 6.45) is 0.961. The van der Waals surface area contributed by atoms with Crippen LogP contribution < -0.4 is 20.7 Å². The SMILES string of the molecule is CCNC(=NCCCOc1ccccc1)NCCNC(=O)Cc1cccc(F)c1. The summed E-state index contributed by atoms with van der Waals surface area (Å²) in [5.74, 6) is 1.08. The summed E-state index contributed by atoms with van der Waals surface area (Å²) in [6, 6.07) is 15.8. The van der Waals surface area contributed by atoms with Gasteiger partial charge in [0, 0.05) is 32.6 Å². The van der Waals surface area contributed by atoms with Crippen LogP contribution in [0.5, 0.6) is 5.75 Å². The number of carbonyl (C=O) groups is 1. The van der Waals surface area contributed by atoms with Crippen LogP contribution in [0.4, 0.5) is 4.39 Å². The number of carbonyl (C=O) groups excluding carboxylic acids is 1. The molecular formula is C22H29FN4O2. The molecule has 0 aliphatic carbocycles. The molecule has 0 spiro atoms. The maximum Gasteiger partial charge on any atom is 0.224 e. The number of benzene rings is 2. The van der Waals surface area contributed by atoms with Gasteiger partial charge >= 0.3 is 0 Å². The zero-order chi connectivity index (χ0) is 20.7. The summed E-state index contributed by atoms with van der Waals surface area (Å²) in [6.45, 7) is 4.98. The summed E-state index contributed by atoms with van der Waals surface area (Å²) in [7, 11) is 0. The van der Waals surface area contributed by atoms with E-state index in [0.29, 0.717) is 37.8 Å². The molecule has 0 saturated carbocycles. The number of para-hydroxylation sites is 1. The summed E-state index contributed by atoms with van der Waals surface area (Å²) in [5, 5.41) is 9.17. The van der Waals surface area contributed by atoms with Crippen molar-refractivity contribution in [1.82, 2.24) is 16.0 Å². The first kappa shape index (κ1) is 22.2. The van der Waals surface area contributed by atoms with Crippen molar-refractivity contribution in [2.75, 3.05) is 32.8 Å². The van der Waals surface area contributed by atoms with Gasteiger partial charge in [0.1, 0.15) is 11.6 Å². The van der Waals surface area contributed by atoms with Crippen molar-refractivity contribution in [2.45, 2.75) is 19.8 Å². The van der Waals surface area contributed by atoms with Crippen LogP contribution in [0.3, 0.4) is 0 Å². The van der Waals surface area contributed by atoms with Crippen LogP contribution in [0, 0.1) is 5.82 Å². The highest BCUT2D eigenvalue weighted by atomic mass is 19.1. The van der Waals surface area contributed by atoms with E-state index in [2.05, 4.69) is 20.9 Å². The molecule has 6 nitrogen and oxygen atoms in total. The second kappa shape index (κ2) is 13.1. The van der Waals surface area contributed by atoms with Crippen LogP contribution in [0.15, 0.2) is 59.6 Å². The molecule has 0 aliphatic rings. The Labute approximate surface area is 171 Å². The number of guanidine groups is 1. The first-order valence-electron chi connectivity index (χ1n) is 9.88. The van der Waals surface area contributed by atoms with E-state index >= 15 is 0 Å². The molecule has 0 saturated heterocycles. The number of nitrogens with zero attached hydrogens (tertiary/aromatic N) is 1. The van der Waals surface area contributed by atoms with Gasteiger partial charge in [-0.2, -0.15) is 0 Å². The van der Waals surface area contributed by atoms with E-state index in [1.807, 2.05) is 37.3 Å². The molecule has 0 aromatic heterocycles. The molecule has 2 aromatic rings. The summed E-state index contributed by atoms with van der Waals surface area (Å²) < 4.78 is 18.8. The minimum Gasteiger partial charge on any atom is -0.494 e. The highest BCUT2D eigenvalue weighted by molar-refractivity contribution is 5.80. The normalized spacial score (nSPS) is 11.0. The lowest BCUT2D eigenvalue weighted by Gasteiger charge is -2.12. The molecule has 0 radical (unpaired) electrons. The molecule has 3 N–H and O–H groups in total. The fraction of sp³-hybridized carbons (Fsp3) is 0.364. The number of amides is 1. The van der Waals surface area contributed by atoms with Gasteiger partial charge in [-0.25, -0.2) is 4.39 Å². The fourth-order valence-corrected chi connectivity index (χ4v) is 2.58.